The van der Waals surface area contributed by atoms with E-state index in [-0.39, 0.29) is 0 Å². The largest absolute Gasteiger partial charge is 0.456 e. The minimum Gasteiger partial charge on any atom is -0.456 e. The molecule has 0 aliphatic rings. The second kappa shape index (κ2) is 13.8. The lowest BCUT2D eigenvalue weighted by atomic mass is 10.0. The van der Waals surface area contributed by atoms with Crippen molar-refractivity contribution in [2.45, 2.75) is 0 Å². The number of oxazole rings is 1. The number of rotatable bonds is 7. The maximum absolute atomic E-state index is 6.45. The second-order valence-electron chi connectivity index (χ2n) is 15.1. The number of hydrogen-bond donors (Lipinski definition) is 0. The maximum Gasteiger partial charge on any atom is 0.227 e. The van der Waals surface area contributed by atoms with Crippen LogP contribution in [0.3, 0.4) is 0 Å². The van der Waals surface area contributed by atoms with Crippen molar-refractivity contribution in [1.29, 1.82) is 0 Å². The Morgan fingerprint density at radius 3 is 1.85 bits per heavy atom. The number of furan rings is 1. The van der Waals surface area contributed by atoms with Gasteiger partial charge in [0, 0.05) is 38.8 Å². The highest BCUT2D eigenvalue weighted by Crippen LogP contribution is 2.45. The van der Waals surface area contributed by atoms with Gasteiger partial charge in [0.05, 0.1) is 22.1 Å². The number of aromatic nitrogens is 2. The predicted octanol–water partition coefficient (Wildman–Crippen LogP) is 15.3. The van der Waals surface area contributed by atoms with Crippen molar-refractivity contribution in [1.82, 2.24) is 9.55 Å². The van der Waals surface area contributed by atoms with Crippen molar-refractivity contribution < 1.29 is 8.83 Å². The Morgan fingerprint density at radius 1 is 0.400 bits per heavy atom. The van der Waals surface area contributed by atoms with E-state index < -0.39 is 0 Å². The molecule has 0 atom stereocenters. The maximum atomic E-state index is 6.45. The summed E-state index contributed by atoms with van der Waals surface area (Å²) in [5, 5.41) is 4.32. The molecule has 0 saturated carbocycles. The van der Waals surface area contributed by atoms with Gasteiger partial charge in [-0.25, -0.2) is 4.98 Å². The fraction of sp³-hybridized carbons (Fsp3) is 0. The number of hydrogen-bond acceptors (Lipinski definition) is 4. The first kappa shape index (κ1) is 33.9. The summed E-state index contributed by atoms with van der Waals surface area (Å²) in [4.78, 5) is 7.24. The number of anilines is 3. The van der Waals surface area contributed by atoms with E-state index in [9.17, 15) is 0 Å². The van der Waals surface area contributed by atoms with E-state index in [2.05, 4.69) is 179 Å². The van der Waals surface area contributed by atoms with Gasteiger partial charge in [0.25, 0.3) is 0 Å². The Balaban J connectivity index is 1.02. The summed E-state index contributed by atoms with van der Waals surface area (Å²) in [7, 11) is 0. The molecule has 60 heavy (non-hydrogen) atoms. The Labute approximate surface area is 345 Å². The highest BCUT2D eigenvalue weighted by atomic mass is 16.4. The van der Waals surface area contributed by atoms with Crippen molar-refractivity contribution in [2.24, 2.45) is 0 Å². The molecule has 5 nitrogen and oxygen atoms in total. The number of fused-ring (bicyclic) bond motifs is 8. The number of benzene rings is 9. The van der Waals surface area contributed by atoms with E-state index in [0.717, 1.165) is 83.6 Å². The minimum absolute atomic E-state index is 0.596. The molecule has 282 valence electrons. The molecule has 0 unspecified atom stereocenters. The normalized spacial score (nSPS) is 11.7. The van der Waals surface area contributed by atoms with Crippen LogP contribution in [0.5, 0.6) is 0 Å². The molecule has 0 amide bonds. The average molecular weight is 770 g/mol. The van der Waals surface area contributed by atoms with Gasteiger partial charge < -0.3 is 18.3 Å². The molecule has 3 heterocycles. The second-order valence-corrected chi connectivity index (χ2v) is 15.1. The molecular weight excluding hydrogens is 735 g/mol. The topological polar surface area (TPSA) is 47.3 Å². The molecule has 0 bridgehead atoms. The zero-order valence-electron chi connectivity index (χ0n) is 32.4. The van der Waals surface area contributed by atoms with E-state index >= 15 is 0 Å². The summed E-state index contributed by atoms with van der Waals surface area (Å²) in [5.41, 5.74) is 15.3. The minimum atomic E-state index is 0.596. The molecule has 0 N–H and O–H groups in total. The van der Waals surface area contributed by atoms with Gasteiger partial charge in [-0.05, 0) is 113 Å². The molecule has 3 aromatic heterocycles. The van der Waals surface area contributed by atoms with E-state index in [1.165, 1.54) is 21.9 Å². The van der Waals surface area contributed by atoms with Gasteiger partial charge >= 0.3 is 0 Å². The Kier molecular flexibility index (Phi) is 7.78. The highest BCUT2D eigenvalue weighted by Gasteiger charge is 2.22. The molecule has 9 aromatic carbocycles. The first-order valence-electron chi connectivity index (χ1n) is 20.2. The van der Waals surface area contributed by atoms with Crippen molar-refractivity contribution in [3.05, 3.63) is 212 Å². The lowest BCUT2D eigenvalue weighted by molar-refractivity contribution is 0.622. The first-order chi connectivity index (χ1) is 29.7. The van der Waals surface area contributed by atoms with Crippen LogP contribution in [-0.2, 0) is 0 Å². The van der Waals surface area contributed by atoms with Gasteiger partial charge in [0.15, 0.2) is 5.58 Å². The lowest BCUT2D eigenvalue weighted by Crippen LogP contribution is -2.10. The molecule has 5 heteroatoms. The van der Waals surface area contributed by atoms with Crippen LogP contribution >= 0.6 is 0 Å². The number of nitrogens with zero attached hydrogens (tertiary/aromatic N) is 3. The van der Waals surface area contributed by atoms with Crippen molar-refractivity contribution in [3.63, 3.8) is 0 Å². The monoisotopic (exact) mass is 769 g/mol. The number of para-hydroxylation sites is 2. The average Bonchev–Trinajstić information content (AvgIpc) is 4.02. The zero-order valence-corrected chi connectivity index (χ0v) is 32.4. The van der Waals surface area contributed by atoms with Crippen LogP contribution < -0.4 is 4.90 Å². The molecule has 0 fully saturated rings. The van der Waals surface area contributed by atoms with Gasteiger partial charge in [0.1, 0.15) is 16.7 Å². The fourth-order valence-electron chi connectivity index (χ4n) is 8.86. The van der Waals surface area contributed by atoms with Gasteiger partial charge in [-0.3, -0.25) is 0 Å². The van der Waals surface area contributed by atoms with Gasteiger partial charge in [0.2, 0.25) is 5.89 Å². The lowest BCUT2D eigenvalue weighted by Gasteiger charge is -2.27. The van der Waals surface area contributed by atoms with Crippen LogP contribution in [0, 0.1) is 0 Å². The van der Waals surface area contributed by atoms with Crippen LogP contribution in [0.1, 0.15) is 0 Å². The smallest absolute Gasteiger partial charge is 0.227 e. The van der Waals surface area contributed by atoms with Crippen molar-refractivity contribution in [2.75, 3.05) is 4.90 Å². The molecule has 0 radical (unpaired) electrons. The van der Waals surface area contributed by atoms with Crippen LogP contribution in [0.4, 0.5) is 17.1 Å². The summed E-state index contributed by atoms with van der Waals surface area (Å²) in [6.45, 7) is 0. The van der Waals surface area contributed by atoms with Gasteiger partial charge in [-0.15, -0.1) is 0 Å². The molecule has 12 rings (SSSR count). The van der Waals surface area contributed by atoms with Crippen LogP contribution in [0.2, 0.25) is 0 Å². The van der Waals surface area contributed by atoms with E-state index in [1.54, 1.807) is 0 Å². The summed E-state index contributed by atoms with van der Waals surface area (Å²) >= 11 is 0. The third-order valence-electron chi connectivity index (χ3n) is 11.6. The third-order valence-corrected chi connectivity index (χ3v) is 11.6. The summed E-state index contributed by atoms with van der Waals surface area (Å²) in [6, 6.07) is 74.7. The van der Waals surface area contributed by atoms with Crippen LogP contribution in [0.15, 0.2) is 221 Å². The van der Waals surface area contributed by atoms with E-state index in [4.69, 9.17) is 13.8 Å². The van der Waals surface area contributed by atoms with Crippen molar-refractivity contribution >= 4 is 71.9 Å². The third kappa shape index (κ3) is 5.52. The summed E-state index contributed by atoms with van der Waals surface area (Å²) in [5.74, 6) is 0.596. The molecule has 0 saturated heterocycles. The SMILES string of the molecule is c1ccc(-c2cccc(N(c3ccc(-c4ccc5oc6ccc7nc(-c8ccccc8)oc7c6c5c4)cc3)c3cccc4c3c3ccccc3n4-c3ccccc3)c2)cc1. The molecule has 0 aliphatic carbocycles. The zero-order chi connectivity index (χ0) is 39.6. The van der Waals surface area contributed by atoms with E-state index in [1.807, 2.05) is 42.5 Å². The van der Waals surface area contributed by atoms with Crippen molar-refractivity contribution in [3.8, 4) is 39.4 Å². The van der Waals surface area contributed by atoms with E-state index in [0.29, 0.717) is 5.89 Å². The molecular formula is C55H35N3O2. The molecule has 0 spiro atoms. The van der Waals surface area contributed by atoms with Gasteiger partial charge in [-0.1, -0.05) is 121 Å². The summed E-state index contributed by atoms with van der Waals surface area (Å²) in [6.07, 6.45) is 0. The van der Waals surface area contributed by atoms with Crippen LogP contribution in [-0.4, -0.2) is 9.55 Å². The Hall–Kier alpha value is -8.15. The molecule has 0 aliphatic heterocycles. The fourth-order valence-corrected chi connectivity index (χ4v) is 8.86. The Morgan fingerprint density at radius 2 is 1.03 bits per heavy atom. The van der Waals surface area contributed by atoms with Crippen LogP contribution in [0.25, 0.3) is 94.2 Å². The summed E-state index contributed by atoms with van der Waals surface area (Å²) < 4.78 is 15.2. The van der Waals surface area contributed by atoms with Gasteiger partial charge in [-0.2, -0.15) is 0 Å². The highest BCUT2D eigenvalue weighted by molar-refractivity contribution is 6.18. The molecule has 12 aromatic rings. The standard InChI is InChI=1S/C55H35N3O2/c1-4-14-36(15-5-1)39-18-12-21-43(34-39)57(48-24-13-25-49-52(48)44-22-10-11-23-47(44)58(49)41-19-8-3-9-20-41)42-29-26-37(27-30-42)40-28-32-50-45(35-40)53-51(59-50)33-31-46-54(53)60-55(56-46)38-16-6-2-7-17-38/h1-35H. The Bertz CT molecular complexity index is 3530. The predicted molar refractivity (Wildman–Crippen MR) is 247 cm³/mol. The quantitative estimate of drug-likeness (QED) is 0.162. The first-order valence-corrected chi connectivity index (χ1v) is 20.2.